The number of hydrogen-bond donors (Lipinski definition) is 3. The van der Waals surface area contributed by atoms with E-state index in [-0.39, 0.29) is 6.42 Å². The fourth-order valence-electron chi connectivity index (χ4n) is 2.28. The lowest BCUT2D eigenvalue weighted by Crippen LogP contribution is -2.34. The van der Waals surface area contributed by atoms with Gasteiger partial charge in [-0.25, -0.2) is 0 Å². The number of rotatable bonds is 16. The highest BCUT2D eigenvalue weighted by atomic mass is 16.6. The highest BCUT2D eigenvalue weighted by Gasteiger charge is 2.19. The molecular weight excluding hydrogens is 332 g/mol. The third-order valence-corrected chi connectivity index (χ3v) is 3.88. The molecule has 0 radical (unpaired) electrons. The molecule has 0 rings (SSSR count). The van der Waals surface area contributed by atoms with Gasteiger partial charge < -0.3 is 20.1 Å². The van der Waals surface area contributed by atoms with Crippen molar-refractivity contribution < 1.29 is 24.9 Å². The number of carbonyl (C=O) groups excluding carboxylic acids is 1. The van der Waals surface area contributed by atoms with Crippen LogP contribution in [-0.2, 0) is 9.53 Å². The third kappa shape index (κ3) is 16.1. The summed E-state index contributed by atoms with van der Waals surface area (Å²) in [6, 6.07) is 0. The molecule has 0 aliphatic carbocycles. The summed E-state index contributed by atoms with van der Waals surface area (Å²) in [4.78, 5) is 11.5. The number of ether oxygens (including phenoxy) is 1. The first-order valence-corrected chi connectivity index (χ1v) is 9.76. The number of aliphatic hydroxyl groups is 3. The van der Waals surface area contributed by atoms with Crippen LogP contribution in [0.25, 0.3) is 0 Å². The Bertz CT molecular complexity index is 413. The van der Waals surface area contributed by atoms with Crippen molar-refractivity contribution in [3.05, 3.63) is 36.5 Å². The van der Waals surface area contributed by atoms with Crippen LogP contribution in [0.5, 0.6) is 0 Å². The first-order chi connectivity index (χ1) is 12.6. The van der Waals surface area contributed by atoms with Gasteiger partial charge in [0.15, 0.2) is 12.4 Å². The van der Waals surface area contributed by atoms with E-state index in [0.29, 0.717) is 6.42 Å². The summed E-state index contributed by atoms with van der Waals surface area (Å²) in [6.07, 6.45) is 19.4. The van der Waals surface area contributed by atoms with Gasteiger partial charge in [-0.2, -0.15) is 0 Å². The molecule has 150 valence electrons. The topological polar surface area (TPSA) is 87.0 Å². The van der Waals surface area contributed by atoms with Gasteiger partial charge in [-0.3, -0.25) is 4.79 Å². The molecule has 0 aromatic carbocycles. The van der Waals surface area contributed by atoms with Crippen LogP contribution in [-0.4, -0.2) is 40.3 Å². The van der Waals surface area contributed by atoms with Crippen molar-refractivity contribution in [2.45, 2.75) is 83.5 Å². The first kappa shape index (κ1) is 24.6. The van der Waals surface area contributed by atoms with Crippen LogP contribution in [0.3, 0.4) is 0 Å². The molecule has 0 amide bonds. The van der Waals surface area contributed by atoms with Crippen LogP contribution in [0.1, 0.15) is 71.1 Å². The molecule has 3 N–H and O–H groups in total. The monoisotopic (exact) mass is 368 g/mol. The maximum atomic E-state index is 11.5. The summed E-state index contributed by atoms with van der Waals surface area (Å²) in [5, 5.41) is 26.6. The summed E-state index contributed by atoms with van der Waals surface area (Å²) in [5.74, 6) is -0.504. The molecule has 0 spiro atoms. The number of hydrogen-bond acceptors (Lipinski definition) is 5. The van der Waals surface area contributed by atoms with Crippen LogP contribution in [0.15, 0.2) is 36.5 Å². The lowest BCUT2D eigenvalue weighted by Gasteiger charge is -2.16. The molecule has 1 unspecified atom stereocenters. The van der Waals surface area contributed by atoms with Crippen molar-refractivity contribution in [3.63, 3.8) is 0 Å². The van der Waals surface area contributed by atoms with Crippen LogP contribution in [0.4, 0.5) is 0 Å². The zero-order valence-electron chi connectivity index (χ0n) is 16.1. The van der Waals surface area contributed by atoms with Crippen LogP contribution < -0.4 is 0 Å². The second-order valence-electron chi connectivity index (χ2n) is 6.31. The van der Waals surface area contributed by atoms with E-state index in [2.05, 4.69) is 43.4 Å². The van der Waals surface area contributed by atoms with Gasteiger partial charge in [0.2, 0.25) is 0 Å². The molecule has 0 saturated heterocycles. The normalized spacial score (nSPS) is 13.4. The van der Waals surface area contributed by atoms with E-state index < -0.39 is 25.0 Å². The minimum Gasteiger partial charge on any atom is -0.454 e. The van der Waals surface area contributed by atoms with Crippen molar-refractivity contribution in [1.29, 1.82) is 0 Å². The Kier molecular flexibility index (Phi) is 17.4. The van der Waals surface area contributed by atoms with Crippen molar-refractivity contribution in [2.24, 2.45) is 0 Å². The zero-order valence-corrected chi connectivity index (χ0v) is 16.1. The molecule has 0 saturated carbocycles. The van der Waals surface area contributed by atoms with Crippen LogP contribution in [0.2, 0.25) is 0 Å². The molecule has 0 aromatic heterocycles. The molecule has 5 heteroatoms. The smallest absolute Gasteiger partial charge is 0.306 e. The van der Waals surface area contributed by atoms with Crippen LogP contribution in [0, 0.1) is 0 Å². The van der Waals surface area contributed by atoms with E-state index in [1.54, 1.807) is 0 Å². The van der Waals surface area contributed by atoms with Gasteiger partial charge in [0.25, 0.3) is 0 Å². The van der Waals surface area contributed by atoms with E-state index in [1.165, 1.54) is 12.8 Å². The molecule has 0 heterocycles. The first-order valence-electron chi connectivity index (χ1n) is 9.76. The van der Waals surface area contributed by atoms with E-state index in [0.717, 1.165) is 38.5 Å². The number of allylic oxidation sites excluding steroid dienone is 6. The Morgan fingerprint density at radius 1 is 0.885 bits per heavy atom. The fourth-order valence-corrected chi connectivity index (χ4v) is 2.28. The minimum atomic E-state index is -1.84. The molecule has 5 nitrogen and oxygen atoms in total. The molecule has 0 aliphatic rings. The Labute approximate surface area is 158 Å². The minimum absolute atomic E-state index is 0.236. The maximum absolute atomic E-state index is 11.5. The second kappa shape index (κ2) is 18.4. The SMILES string of the molecule is CCCC/C=C/C=C/C=C\CCCCCCCC(=O)OC(CO)C(O)O. The van der Waals surface area contributed by atoms with Crippen molar-refractivity contribution >= 4 is 5.97 Å². The molecule has 0 aromatic rings. The number of unbranched alkanes of at least 4 members (excludes halogenated alkanes) is 7. The lowest BCUT2D eigenvalue weighted by molar-refractivity contribution is -0.181. The Morgan fingerprint density at radius 3 is 2.04 bits per heavy atom. The number of aliphatic hydroxyl groups excluding tert-OH is 2. The Morgan fingerprint density at radius 2 is 1.46 bits per heavy atom. The Balaban J connectivity index is 3.50. The van der Waals surface area contributed by atoms with Gasteiger partial charge in [0, 0.05) is 6.42 Å². The summed E-state index contributed by atoms with van der Waals surface area (Å²) >= 11 is 0. The second-order valence-corrected chi connectivity index (χ2v) is 6.31. The van der Waals surface area contributed by atoms with E-state index >= 15 is 0 Å². The molecule has 1 atom stereocenters. The quantitative estimate of drug-likeness (QED) is 0.167. The molecular formula is C21H36O5. The van der Waals surface area contributed by atoms with E-state index in [1.807, 2.05) is 0 Å². The highest BCUT2D eigenvalue weighted by Crippen LogP contribution is 2.09. The molecule has 0 bridgehead atoms. The van der Waals surface area contributed by atoms with Gasteiger partial charge in [-0.05, 0) is 25.7 Å². The lowest BCUT2D eigenvalue weighted by atomic mass is 10.1. The fraction of sp³-hybridized carbons (Fsp3) is 0.667. The van der Waals surface area contributed by atoms with Crippen LogP contribution >= 0.6 is 0 Å². The van der Waals surface area contributed by atoms with Crippen molar-refractivity contribution in [1.82, 2.24) is 0 Å². The molecule has 0 fully saturated rings. The van der Waals surface area contributed by atoms with Crippen molar-refractivity contribution in [2.75, 3.05) is 6.61 Å². The van der Waals surface area contributed by atoms with Gasteiger partial charge >= 0.3 is 5.97 Å². The number of carbonyl (C=O) groups is 1. The predicted molar refractivity (Wildman–Crippen MR) is 104 cm³/mol. The van der Waals surface area contributed by atoms with Gasteiger partial charge in [-0.1, -0.05) is 75.5 Å². The summed E-state index contributed by atoms with van der Waals surface area (Å²) < 4.78 is 4.77. The van der Waals surface area contributed by atoms with E-state index in [4.69, 9.17) is 20.1 Å². The van der Waals surface area contributed by atoms with Crippen molar-refractivity contribution in [3.8, 4) is 0 Å². The summed E-state index contributed by atoms with van der Waals surface area (Å²) in [6.45, 7) is 1.60. The summed E-state index contributed by atoms with van der Waals surface area (Å²) in [7, 11) is 0. The molecule has 26 heavy (non-hydrogen) atoms. The Hall–Kier alpha value is -1.43. The molecule has 0 aliphatic heterocycles. The highest BCUT2D eigenvalue weighted by molar-refractivity contribution is 5.69. The van der Waals surface area contributed by atoms with E-state index in [9.17, 15) is 4.79 Å². The predicted octanol–water partition coefficient (Wildman–Crippen LogP) is 3.79. The largest absolute Gasteiger partial charge is 0.454 e. The maximum Gasteiger partial charge on any atom is 0.306 e. The van der Waals surface area contributed by atoms with Gasteiger partial charge in [0.05, 0.1) is 6.61 Å². The van der Waals surface area contributed by atoms with Gasteiger partial charge in [-0.15, -0.1) is 0 Å². The summed E-state index contributed by atoms with van der Waals surface area (Å²) in [5.41, 5.74) is 0. The average molecular weight is 369 g/mol. The third-order valence-electron chi connectivity index (χ3n) is 3.88. The van der Waals surface area contributed by atoms with Gasteiger partial charge in [0.1, 0.15) is 0 Å². The number of esters is 1. The zero-order chi connectivity index (χ0) is 19.5. The average Bonchev–Trinajstić information content (AvgIpc) is 2.62. The standard InChI is InChI=1S/C21H36O5/c1-2-3-4-5-6-7-8-9-10-11-12-13-14-15-16-17-20(23)26-19(18-22)21(24)25/h5-10,19,21-22,24-25H,2-4,11-18H2,1H3/b6-5+,8-7+,10-9-.